The van der Waals surface area contributed by atoms with E-state index in [1.165, 1.54) is 64.2 Å². The normalized spacial score (nSPS) is 32.9. The lowest BCUT2D eigenvalue weighted by Crippen LogP contribution is -2.58. The molecule has 4 heterocycles. The zero-order chi connectivity index (χ0) is 24.2. The molecule has 2 saturated carbocycles. The van der Waals surface area contributed by atoms with Gasteiger partial charge >= 0.3 is 5.69 Å². The number of hydrogen-bond donors (Lipinski definition) is 2. The molecule has 4 bridgehead atoms. The van der Waals surface area contributed by atoms with E-state index in [4.69, 9.17) is 0 Å². The van der Waals surface area contributed by atoms with E-state index in [1.807, 2.05) is 28.8 Å². The summed E-state index contributed by atoms with van der Waals surface area (Å²) in [5, 5.41) is 6.41. The molecular weight excluding hydrogens is 452 g/mol. The second-order valence-corrected chi connectivity index (χ2v) is 11.8. The quantitative estimate of drug-likeness (QED) is 0.570. The van der Waals surface area contributed by atoms with Crippen LogP contribution in [0.5, 0.6) is 0 Å². The molecule has 2 saturated heterocycles. The smallest absolute Gasteiger partial charge is 0.302 e. The van der Waals surface area contributed by atoms with Gasteiger partial charge in [-0.3, -0.25) is 14.7 Å². The molecule has 0 radical (unpaired) electrons. The van der Waals surface area contributed by atoms with Crippen molar-refractivity contribution in [3.05, 3.63) is 45.1 Å². The summed E-state index contributed by atoms with van der Waals surface area (Å²) in [6.45, 7) is 0. The van der Waals surface area contributed by atoms with Gasteiger partial charge in [-0.15, -0.1) is 0 Å². The average Bonchev–Trinajstić information content (AvgIpc) is 3.23. The zero-order valence-electron chi connectivity index (χ0n) is 20.9. The van der Waals surface area contributed by atoms with E-state index < -0.39 is 5.69 Å². The molecule has 2 N–H and O–H groups in total. The van der Waals surface area contributed by atoms with Gasteiger partial charge in [0, 0.05) is 24.2 Å². The first-order chi connectivity index (χ1) is 17.6. The highest BCUT2D eigenvalue weighted by Crippen LogP contribution is 2.47. The molecule has 0 spiro atoms. The number of piperidine rings is 2. The summed E-state index contributed by atoms with van der Waals surface area (Å²) in [4.78, 5) is 35.8. The van der Waals surface area contributed by atoms with Crippen molar-refractivity contribution in [2.24, 2.45) is 11.8 Å². The first kappa shape index (κ1) is 22.5. The average molecular weight is 489 g/mol. The van der Waals surface area contributed by atoms with Crippen molar-refractivity contribution in [1.29, 1.82) is 0 Å². The number of fused-ring (bicyclic) bond motifs is 5. The van der Waals surface area contributed by atoms with Gasteiger partial charge in [0.15, 0.2) is 11.5 Å². The molecule has 6 atom stereocenters. The molecule has 2 aliphatic carbocycles. The Morgan fingerprint density at radius 3 is 2.19 bits per heavy atom. The van der Waals surface area contributed by atoms with Gasteiger partial charge in [0.2, 0.25) is 0 Å². The monoisotopic (exact) mass is 488 g/mol. The van der Waals surface area contributed by atoms with Gasteiger partial charge < -0.3 is 4.57 Å². The highest BCUT2D eigenvalue weighted by Gasteiger charge is 2.45. The SMILES string of the molecule is O=c1[nH]nc(-c2nc3ccccc3n([C@H]3C[C@H]4CCC[C@@H](C3)N4[C@@H]3C[C@@H]4CCCC[C@@H](C4)C3)c2=O)[nH]1. The maximum Gasteiger partial charge on any atom is 0.340 e. The third kappa shape index (κ3) is 3.85. The van der Waals surface area contributed by atoms with Gasteiger partial charge in [0.05, 0.1) is 11.0 Å². The lowest BCUT2D eigenvalue weighted by molar-refractivity contribution is -0.0420. The highest BCUT2D eigenvalue weighted by molar-refractivity contribution is 5.77. The molecule has 8 heteroatoms. The maximum absolute atomic E-state index is 13.9. The second kappa shape index (κ2) is 8.98. The Morgan fingerprint density at radius 1 is 0.778 bits per heavy atom. The van der Waals surface area contributed by atoms with Gasteiger partial charge in [0.25, 0.3) is 5.56 Å². The molecular formula is C28H36N6O2. The summed E-state index contributed by atoms with van der Waals surface area (Å²) >= 11 is 0. The van der Waals surface area contributed by atoms with E-state index in [1.54, 1.807) is 0 Å². The number of nitrogens with zero attached hydrogens (tertiary/aromatic N) is 4. The molecule has 4 aliphatic rings. The van der Waals surface area contributed by atoms with Gasteiger partial charge in [0.1, 0.15) is 0 Å². The van der Waals surface area contributed by atoms with Crippen molar-refractivity contribution in [2.45, 2.75) is 101 Å². The fourth-order valence-electron chi connectivity index (χ4n) is 8.36. The maximum atomic E-state index is 13.9. The minimum Gasteiger partial charge on any atom is -0.302 e. The predicted octanol–water partition coefficient (Wildman–Crippen LogP) is 4.39. The van der Waals surface area contributed by atoms with Crippen LogP contribution in [0.3, 0.4) is 0 Å². The zero-order valence-corrected chi connectivity index (χ0v) is 20.9. The topological polar surface area (TPSA) is 99.7 Å². The van der Waals surface area contributed by atoms with Crippen LogP contribution >= 0.6 is 0 Å². The third-order valence-electron chi connectivity index (χ3n) is 9.67. The van der Waals surface area contributed by atoms with Crippen molar-refractivity contribution in [2.75, 3.05) is 0 Å². The summed E-state index contributed by atoms with van der Waals surface area (Å²) in [6.07, 6.45) is 15.7. The molecule has 3 aromatic rings. The van der Waals surface area contributed by atoms with E-state index in [0.29, 0.717) is 12.1 Å². The predicted molar refractivity (Wildman–Crippen MR) is 139 cm³/mol. The standard InChI is InChI=1S/C28H36N6O2/c35-27-25(26-30-28(36)32-31-26)29-23-10-3-4-11-24(23)34(27)22-15-19-8-5-9-20(16-22)33(19)21-13-17-6-1-2-7-18(12-17)14-21/h3-4,10-11,17-22H,1-2,5-9,12-16H2,(H2,30,31,32,36)/t17-,18+,19-,20+,21-,22+. The summed E-state index contributed by atoms with van der Waals surface area (Å²) in [5.41, 5.74) is 1.28. The van der Waals surface area contributed by atoms with Gasteiger partial charge in [-0.1, -0.05) is 44.2 Å². The van der Waals surface area contributed by atoms with E-state index in [2.05, 4.69) is 25.1 Å². The molecule has 2 aliphatic heterocycles. The fraction of sp³-hybridized carbons (Fsp3) is 0.643. The van der Waals surface area contributed by atoms with Gasteiger partial charge in [-0.2, -0.15) is 5.10 Å². The number of aromatic nitrogens is 5. The Bertz CT molecular complexity index is 1350. The van der Waals surface area contributed by atoms with Crippen molar-refractivity contribution < 1.29 is 0 Å². The Kier molecular flexibility index (Phi) is 5.60. The first-order valence-electron chi connectivity index (χ1n) is 14.1. The number of aromatic amines is 2. The Labute approximate surface area is 210 Å². The van der Waals surface area contributed by atoms with E-state index >= 15 is 0 Å². The molecule has 36 heavy (non-hydrogen) atoms. The Morgan fingerprint density at radius 2 is 1.50 bits per heavy atom. The molecule has 8 nitrogen and oxygen atoms in total. The summed E-state index contributed by atoms with van der Waals surface area (Å²) < 4.78 is 1.98. The van der Waals surface area contributed by atoms with Crippen LogP contribution in [0.1, 0.15) is 83.1 Å². The summed E-state index contributed by atoms with van der Waals surface area (Å²) in [7, 11) is 0. The molecule has 4 fully saturated rings. The van der Waals surface area contributed by atoms with Crippen LogP contribution < -0.4 is 11.2 Å². The lowest BCUT2D eigenvalue weighted by Gasteiger charge is -2.54. The van der Waals surface area contributed by atoms with Crippen LogP contribution in [-0.4, -0.2) is 47.8 Å². The number of rotatable bonds is 3. The fourth-order valence-corrected chi connectivity index (χ4v) is 8.36. The van der Waals surface area contributed by atoms with Crippen LogP contribution in [0.25, 0.3) is 22.6 Å². The second-order valence-electron chi connectivity index (χ2n) is 11.8. The Hall–Kier alpha value is -2.74. The number of nitrogens with one attached hydrogen (secondary N) is 2. The molecule has 190 valence electrons. The minimum absolute atomic E-state index is 0.132. The van der Waals surface area contributed by atoms with Crippen molar-refractivity contribution in [1.82, 2.24) is 29.6 Å². The number of para-hydroxylation sites is 2. The van der Waals surface area contributed by atoms with E-state index in [0.717, 1.165) is 41.8 Å². The van der Waals surface area contributed by atoms with Crippen molar-refractivity contribution >= 4 is 11.0 Å². The lowest BCUT2D eigenvalue weighted by atomic mass is 9.73. The number of benzene rings is 1. The molecule has 7 rings (SSSR count). The molecule has 2 aromatic heterocycles. The molecule has 0 unspecified atom stereocenters. The minimum atomic E-state index is -0.429. The van der Waals surface area contributed by atoms with Gasteiger partial charge in [-0.25, -0.2) is 14.9 Å². The van der Waals surface area contributed by atoms with Crippen molar-refractivity contribution in [3.8, 4) is 11.5 Å². The van der Waals surface area contributed by atoms with Crippen LogP contribution in [0.4, 0.5) is 0 Å². The molecule has 0 amide bonds. The van der Waals surface area contributed by atoms with Crippen LogP contribution in [0, 0.1) is 11.8 Å². The summed E-state index contributed by atoms with van der Waals surface area (Å²) in [6, 6.07) is 9.82. The van der Waals surface area contributed by atoms with Crippen LogP contribution in [0.2, 0.25) is 0 Å². The summed E-state index contributed by atoms with van der Waals surface area (Å²) in [5.74, 6) is 2.05. The number of hydrogen-bond acceptors (Lipinski definition) is 5. The largest absolute Gasteiger partial charge is 0.340 e. The highest BCUT2D eigenvalue weighted by atomic mass is 16.1. The molecule has 1 aromatic carbocycles. The third-order valence-corrected chi connectivity index (χ3v) is 9.67. The first-order valence-corrected chi connectivity index (χ1v) is 14.1. The van der Waals surface area contributed by atoms with Crippen molar-refractivity contribution in [3.63, 3.8) is 0 Å². The van der Waals surface area contributed by atoms with Crippen LogP contribution in [-0.2, 0) is 0 Å². The van der Waals surface area contributed by atoms with E-state index in [-0.39, 0.29) is 23.1 Å². The van der Waals surface area contributed by atoms with E-state index in [9.17, 15) is 9.59 Å². The van der Waals surface area contributed by atoms with Crippen LogP contribution in [0.15, 0.2) is 33.9 Å². The Balaban J connectivity index is 1.25. The number of H-pyrrole nitrogens is 2. The van der Waals surface area contributed by atoms with Gasteiger partial charge in [-0.05, 0) is 68.9 Å².